The zero-order valence-electron chi connectivity index (χ0n) is 5.32. The van der Waals surface area contributed by atoms with Crippen molar-refractivity contribution in [1.82, 2.24) is 0 Å². The maximum atomic E-state index is 3.38. The van der Waals surface area contributed by atoms with Gasteiger partial charge in [-0.25, -0.2) is 0 Å². The molecule has 0 fully saturated rings. The van der Waals surface area contributed by atoms with Gasteiger partial charge in [-0.05, 0) is 6.42 Å². The summed E-state index contributed by atoms with van der Waals surface area (Å²) in [7, 11) is 0. The molecule has 8 heavy (non-hydrogen) atoms. The summed E-state index contributed by atoms with van der Waals surface area (Å²) in [5, 5.41) is 1.17. The molecular formula is C6H14BrCl. The molecule has 0 spiro atoms. The van der Waals surface area contributed by atoms with Gasteiger partial charge in [0.2, 0.25) is 0 Å². The van der Waals surface area contributed by atoms with Crippen LogP contribution in [0.4, 0.5) is 0 Å². The second-order valence-corrected chi connectivity index (χ2v) is 2.54. The number of alkyl halides is 1. The molecule has 0 amide bonds. The van der Waals surface area contributed by atoms with Gasteiger partial charge in [0.05, 0.1) is 0 Å². The standard InChI is InChI=1S/C6H13Br.ClH/c1-2-3-4-5-6-7;/h2-6H2,1H3;1H. The van der Waals surface area contributed by atoms with Gasteiger partial charge in [0.25, 0.3) is 0 Å². The molecule has 0 aromatic carbocycles. The number of hydrogen-bond donors (Lipinski definition) is 0. The largest absolute Gasteiger partial charge is 0.147 e. The minimum Gasteiger partial charge on any atom is -0.147 e. The Balaban J connectivity index is 0. The Labute approximate surface area is 66.6 Å². The second-order valence-electron chi connectivity index (χ2n) is 1.75. The van der Waals surface area contributed by atoms with Gasteiger partial charge in [0, 0.05) is 5.33 Å². The van der Waals surface area contributed by atoms with E-state index in [1.165, 1.54) is 31.0 Å². The molecule has 0 saturated carbocycles. The van der Waals surface area contributed by atoms with Gasteiger partial charge in [-0.15, -0.1) is 12.4 Å². The number of rotatable bonds is 4. The summed E-state index contributed by atoms with van der Waals surface area (Å²) >= 11 is 3.38. The quantitative estimate of drug-likeness (QED) is 0.483. The molecule has 0 N–H and O–H groups in total. The number of halogens is 2. The molecule has 0 aromatic heterocycles. The molecule has 0 radical (unpaired) electrons. The molecule has 0 bridgehead atoms. The van der Waals surface area contributed by atoms with E-state index in [0.29, 0.717) is 0 Å². The zero-order chi connectivity index (χ0) is 5.54. The van der Waals surface area contributed by atoms with Crippen molar-refractivity contribution in [3.8, 4) is 0 Å². The van der Waals surface area contributed by atoms with Crippen LogP contribution in [0.5, 0.6) is 0 Å². The highest BCUT2D eigenvalue weighted by molar-refractivity contribution is 9.09. The first-order valence-corrected chi connectivity index (χ1v) is 4.10. The van der Waals surface area contributed by atoms with E-state index >= 15 is 0 Å². The first-order chi connectivity index (χ1) is 3.41. The Morgan fingerprint density at radius 3 is 2.12 bits per heavy atom. The van der Waals surface area contributed by atoms with Crippen LogP contribution in [0.2, 0.25) is 0 Å². The topological polar surface area (TPSA) is 0 Å². The van der Waals surface area contributed by atoms with Crippen LogP contribution in [0.15, 0.2) is 0 Å². The molecule has 0 nitrogen and oxygen atoms in total. The van der Waals surface area contributed by atoms with E-state index in [0.717, 1.165) is 0 Å². The van der Waals surface area contributed by atoms with Crippen LogP contribution >= 0.6 is 28.3 Å². The van der Waals surface area contributed by atoms with Crippen LogP contribution in [0.1, 0.15) is 32.6 Å². The lowest BCUT2D eigenvalue weighted by Crippen LogP contribution is -1.73. The first-order valence-electron chi connectivity index (χ1n) is 2.97. The Hall–Kier alpha value is 0.770. The molecule has 0 saturated heterocycles. The Morgan fingerprint density at radius 2 is 1.75 bits per heavy atom. The van der Waals surface area contributed by atoms with E-state index in [1.54, 1.807) is 0 Å². The monoisotopic (exact) mass is 200 g/mol. The highest BCUT2D eigenvalue weighted by atomic mass is 79.9. The third kappa shape index (κ3) is 9.91. The molecule has 2 heteroatoms. The van der Waals surface area contributed by atoms with E-state index in [-0.39, 0.29) is 12.4 Å². The third-order valence-corrected chi connectivity index (χ3v) is 1.55. The van der Waals surface area contributed by atoms with Crippen LogP contribution in [0, 0.1) is 0 Å². The predicted molar refractivity (Wildman–Crippen MR) is 45.2 cm³/mol. The van der Waals surface area contributed by atoms with Crippen molar-refractivity contribution in [1.29, 1.82) is 0 Å². The lowest BCUT2D eigenvalue weighted by molar-refractivity contribution is 0.708. The summed E-state index contributed by atoms with van der Waals surface area (Å²) in [4.78, 5) is 0. The summed E-state index contributed by atoms with van der Waals surface area (Å²) in [5.74, 6) is 0. The number of unbranched alkanes of at least 4 members (excludes halogenated alkanes) is 3. The first kappa shape index (κ1) is 11.6. The van der Waals surface area contributed by atoms with Crippen molar-refractivity contribution in [3.05, 3.63) is 0 Å². The van der Waals surface area contributed by atoms with Crippen molar-refractivity contribution < 1.29 is 0 Å². The van der Waals surface area contributed by atoms with E-state index in [1.807, 2.05) is 0 Å². The molecule has 0 rings (SSSR count). The maximum absolute atomic E-state index is 3.38. The van der Waals surface area contributed by atoms with Crippen LogP contribution in [0.25, 0.3) is 0 Å². The summed E-state index contributed by atoms with van der Waals surface area (Å²) in [6.07, 6.45) is 5.47. The average Bonchev–Trinajstić information content (AvgIpc) is 1.69. The van der Waals surface area contributed by atoms with E-state index < -0.39 is 0 Å². The molecule has 0 aromatic rings. The second kappa shape index (κ2) is 10.7. The van der Waals surface area contributed by atoms with Crippen LogP contribution < -0.4 is 0 Å². The highest BCUT2D eigenvalue weighted by Gasteiger charge is 1.81. The fourth-order valence-corrected chi connectivity index (χ4v) is 0.918. The van der Waals surface area contributed by atoms with Gasteiger partial charge in [0.1, 0.15) is 0 Å². The van der Waals surface area contributed by atoms with Gasteiger partial charge in [-0.2, -0.15) is 0 Å². The summed E-state index contributed by atoms with van der Waals surface area (Å²) in [6.45, 7) is 2.23. The lowest BCUT2D eigenvalue weighted by Gasteiger charge is -1.89. The van der Waals surface area contributed by atoms with Crippen molar-refractivity contribution >= 4 is 28.3 Å². The van der Waals surface area contributed by atoms with Crippen molar-refractivity contribution in [2.24, 2.45) is 0 Å². The van der Waals surface area contributed by atoms with Crippen LogP contribution in [0.3, 0.4) is 0 Å². The molecule has 52 valence electrons. The Morgan fingerprint density at radius 1 is 1.12 bits per heavy atom. The van der Waals surface area contributed by atoms with Gasteiger partial charge >= 0.3 is 0 Å². The van der Waals surface area contributed by atoms with Gasteiger partial charge in [-0.3, -0.25) is 0 Å². The lowest BCUT2D eigenvalue weighted by atomic mass is 10.2. The van der Waals surface area contributed by atoms with Crippen LogP contribution in [-0.2, 0) is 0 Å². The third-order valence-electron chi connectivity index (χ3n) is 0.987. The predicted octanol–water partition coefficient (Wildman–Crippen LogP) is 3.38. The molecule has 0 aliphatic rings. The minimum absolute atomic E-state index is 0. The van der Waals surface area contributed by atoms with Gasteiger partial charge in [0.15, 0.2) is 0 Å². The number of hydrogen-bond acceptors (Lipinski definition) is 0. The zero-order valence-corrected chi connectivity index (χ0v) is 7.72. The average molecular weight is 202 g/mol. The molecule has 0 atom stereocenters. The maximum Gasteiger partial charge on any atom is 0.00313 e. The normalized spacial score (nSPS) is 8.25. The molecule has 0 aliphatic heterocycles. The molecule has 0 aliphatic carbocycles. The van der Waals surface area contributed by atoms with Crippen LogP contribution in [-0.4, -0.2) is 5.33 Å². The van der Waals surface area contributed by atoms with Gasteiger partial charge in [-0.1, -0.05) is 42.1 Å². The SMILES string of the molecule is CCCCCCBr.Cl. The Kier molecular flexibility index (Phi) is 15.4. The molecule has 0 heterocycles. The van der Waals surface area contributed by atoms with E-state index in [4.69, 9.17) is 0 Å². The summed E-state index contributed by atoms with van der Waals surface area (Å²) in [6, 6.07) is 0. The fraction of sp³-hybridized carbons (Fsp3) is 1.00. The van der Waals surface area contributed by atoms with E-state index in [9.17, 15) is 0 Å². The van der Waals surface area contributed by atoms with Crippen molar-refractivity contribution in [2.75, 3.05) is 5.33 Å². The fourth-order valence-electron chi connectivity index (χ4n) is 0.521. The smallest absolute Gasteiger partial charge is 0.00313 e. The van der Waals surface area contributed by atoms with Gasteiger partial charge < -0.3 is 0 Å². The van der Waals surface area contributed by atoms with Crippen molar-refractivity contribution in [2.45, 2.75) is 32.6 Å². The summed E-state index contributed by atoms with van der Waals surface area (Å²) < 4.78 is 0. The highest BCUT2D eigenvalue weighted by Crippen LogP contribution is 1.99. The molecule has 0 unspecified atom stereocenters. The Bertz CT molecular complexity index is 27.7. The van der Waals surface area contributed by atoms with E-state index in [2.05, 4.69) is 22.9 Å². The van der Waals surface area contributed by atoms with Crippen molar-refractivity contribution in [3.63, 3.8) is 0 Å². The minimum atomic E-state index is 0. The summed E-state index contributed by atoms with van der Waals surface area (Å²) in [5.41, 5.74) is 0. The molecular weight excluding hydrogens is 187 g/mol.